The minimum Gasteiger partial charge on any atom is -0.350 e. The Hall–Kier alpha value is -3.28. The number of nitrogens with zero attached hydrogens (tertiary/aromatic N) is 1. The number of aliphatic hydroxyl groups is 1. The van der Waals surface area contributed by atoms with Crippen molar-refractivity contribution in [1.82, 2.24) is 5.32 Å². The van der Waals surface area contributed by atoms with Crippen molar-refractivity contribution in [1.29, 1.82) is 0 Å². The predicted molar refractivity (Wildman–Crippen MR) is 97.0 cm³/mol. The molecule has 0 radical (unpaired) electrons. The van der Waals surface area contributed by atoms with Gasteiger partial charge in [0.15, 0.2) is 0 Å². The van der Waals surface area contributed by atoms with Gasteiger partial charge in [0.25, 0.3) is 0 Å². The monoisotopic (exact) mass is 447 g/mol. The van der Waals surface area contributed by atoms with Crippen molar-refractivity contribution in [3.05, 3.63) is 65.2 Å². The van der Waals surface area contributed by atoms with Crippen molar-refractivity contribution >= 4 is 17.4 Å². The van der Waals surface area contributed by atoms with E-state index in [1.807, 2.05) is 0 Å². The Kier molecular flexibility index (Phi) is 5.85. The van der Waals surface area contributed by atoms with Gasteiger partial charge in [-0.25, -0.2) is 4.79 Å². The topological polar surface area (TPSA) is 83.0 Å². The van der Waals surface area contributed by atoms with Gasteiger partial charge in [0.2, 0.25) is 0 Å². The van der Waals surface area contributed by atoms with Crippen molar-refractivity contribution in [2.45, 2.75) is 31.1 Å². The second-order valence-corrected chi connectivity index (χ2v) is 6.67. The Balaban J connectivity index is 1.60. The maximum atomic E-state index is 12.8. The summed E-state index contributed by atoms with van der Waals surface area (Å²) in [4.78, 5) is 16.1. The Morgan fingerprint density at radius 1 is 1.10 bits per heavy atom. The number of rotatable bonds is 4. The van der Waals surface area contributed by atoms with E-state index in [1.165, 1.54) is 24.3 Å². The van der Waals surface area contributed by atoms with Gasteiger partial charge in [-0.05, 0) is 35.4 Å². The van der Waals surface area contributed by atoms with E-state index in [-0.39, 0.29) is 23.5 Å². The van der Waals surface area contributed by atoms with Crippen molar-refractivity contribution < 1.29 is 41.1 Å². The smallest absolute Gasteiger partial charge is 0.350 e. The maximum Gasteiger partial charge on any atom is 0.458 e. The van der Waals surface area contributed by atoms with E-state index in [4.69, 9.17) is 0 Å². The van der Waals surface area contributed by atoms with Crippen LogP contribution in [-0.2, 0) is 17.6 Å². The number of benzene rings is 2. The van der Waals surface area contributed by atoms with Crippen LogP contribution in [0.1, 0.15) is 23.1 Å². The summed E-state index contributed by atoms with van der Waals surface area (Å²) >= 11 is 0. The molecule has 3 rings (SSSR count). The van der Waals surface area contributed by atoms with Gasteiger partial charge < -0.3 is 20.6 Å². The molecular formula is C19H15F6N3O3. The number of hydrogen-bond donors (Lipinski definition) is 3. The van der Waals surface area contributed by atoms with E-state index in [0.717, 1.165) is 18.2 Å². The third-order valence-corrected chi connectivity index (χ3v) is 4.32. The Morgan fingerprint density at radius 3 is 2.45 bits per heavy atom. The molecule has 1 heterocycles. The number of carbonyl (C=O) groups excluding carboxylic acids is 1. The fourth-order valence-electron chi connectivity index (χ4n) is 2.72. The van der Waals surface area contributed by atoms with Crippen LogP contribution in [0.25, 0.3) is 0 Å². The minimum absolute atomic E-state index is 0.0648. The first kappa shape index (κ1) is 22.4. The third kappa shape index (κ3) is 5.26. The summed E-state index contributed by atoms with van der Waals surface area (Å²) in [5.74, 6) is -3.40. The Morgan fingerprint density at radius 2 is 1.81 bits per heavy atom. The van der Waals surface area contributed by atoms with E-state index in [1.54, 1.807) is 6.07 Å². The summed E-state index contributed by atoms with van der Waals surface area (Å²) in [6, 6.07) is 9.27. The van der Waals surface area contributed by atoms with E-state index < -0.39 is 36.2 Å². The van der Waals surface area contributed by atoms with Gasteiger partial charge in [-0.3, -0.25) is 0 Å². The molecule has 2 amide bonds. The van der Waals surface area contributed by atoms with E-state index >= 15 is 0 Å². The van der Waals surface area contributed by atoms with Gasteiger partial charge in [0, 0.05) is 12.2 Å². The highest BCUT2D eigenvalue weighted by molar-refractivity contribution is 6.01. The lowest BCUT2D eigenvalue weighted by molar-refractivity contribution is -0.355. The molecule has 166 valence electrons. The van der Waals surface area contributed by atoms with Crippen molar-refractivity contribution in [3.8, 4) is 0 Å². The molecule has 0 fully saturated rings. The van der Waals surface area contributed by atoms with Crippen LogP contribution in [-0.4, -0.2) is 28.8 Å². The fourth-order valence-corrected chi connectivity index (χ4v) is 2.72. The molecule has 0 bridgehead atoms. The van der Waals surface area contributed by atoms with Gasteiger partial charge in [-0.2, -0.15) is 26.3 Å². The highest BCUT2D eigenvalue weighted by Gasteiger charge is 2.60. The molecule has 2 aromatic carbocycles. The predicted octanol–water partition coefficient (Wildman–Crippen LogP) is 4.40. The first-order valence-electron chi connectivity index (χ1n) is 8.73. The number of nitrogens with one attached hydrogen (secondary N) is 2. The van der Waals surface area contributed by atoms with Gasteiger partial charge in [0.1, 0.15) is 0 Å². The van der Waals surface area contributed by atoms with Crippen molar-refractivity contribution in [2.75, 3.05) is 5.32 Å². The van der Waals surface area contributed by atoms with E-state index in [9.17, 15) is 36.2 Å². The largest absolute Gasteiger partial charge is 0.458 e. The molecule has 0 aliphatic carbocycles. The third-order valence-electron chi connectivity index (χ3n) is 4.32. The molecule has 0 saturated carbocycles. The number of anilines is 1. The standard InChI is InChI=1S/C19H15F6N3O3/c20-18(21,22)13-5-2-6-14(8-13)27-16(29)26-10-11-3-1-4-12(7-11)15-9-17(30,31-28-15)19(23,24)25/h1-8,30H,9-10H2,(H2,26,27,29). The van der Waals surface area contributed by atoms with Crippen molar-refractivity contribution in [2.24, 2.45) is 5.16 Å². The zero-order chi connectivity index (χ0) is 22.9. The number of urea groups is 1. The number of carbonyl (C=O) groups is 1. The second kappa shape index (κ2) is 8.10. The number of alkyl halides is 6. The van der Waals surface area contributed by atoms with Gasteiger partial charge in [0.05, 0.1) is 17.7 Å². The van der Waals surface area contributed by atoms with Crippen molar-refractivity contribution in [3.63, 3.8) is 0 Å². The van der Waals surface area contributed by atoms with Crippen LogP contribution in [0, 0.1) is 0 Å². The summed E-state index contributed by atoms with van der Waals surface area (Å²) in [6.45, 7) is -0.0731. The molecule has 6 nitrogen and oxygen atoms in total. The molecule has 1 atom stereocenters. The lowest BCUT2D eigenvalue weighted by Gasteiger charge is -2.22. The van der Waals surface area contributed by atoms with Crippen LogP contribution in [0.2, 0.25) is 0 Å². The SMILES string of the molecule is O=C(NCc1cccc(C2=NOC(O)(C(F)(F)F)C2)c1)Nc1cccc(C(F)(F)F)c1. The van der Waals surface area contributed by atoms with E-state index in [0.29, 0.717) is 5.56 Å². The van der Waals surface area contributed by atoms with Crippen LogP contribution >= 0.6 is 0 Å². The maximum absolute atomic E-state index is 12.8. The first-order chi connectivity index (χ1) is 14.4. The second-order valence-electron chi connectivity index (χ2n) is 6.67. The normalized spacial score (nSPS) is 18.9. The van der Waals surface area contributed by atoms with Gasteiger partial charge >= 0.3 is 24.2 Å². The van der Waals surface area contributed by atoms with Crippen LogP contribution in [0.5, 0.6) is 0 Å². The lowest BCUT2D eigenvalue weighted by Crippen LogP contribution is -2.45. The minimum atomic E-state index is -5.03. The summed E-state index contributed by atoms with van der Waals surface area (Å²) in [6.07, 6.45) is -10.5. The number of oxime groups is 1. The quantitative estimate of drug-likeness (QED) is 0.608. The molecular weight excluding hydrogens is 432 g/mol. The highest BCUT2D eigenvalue weighted by Crippen LogP contribution is 2.39. The number of halogens is 6. The molecule has 0 saturated heterocycles. The average Bonchev–Trinajstić information content (AvgIpc) is 3.10. The summed E-state index contributed by atoms with van der Waals surface area (Å²) in [7, 11) is 0. The average molecular weight is 447 g/mol. The lowest BCUT2D eigenvalue weighted by atomic mass is 10.0. The Labute approximate surface area is 171 Å². The molecule has 1 aliphatic rings. The molecule has 1 aliphatic heterocycles. The molecule has 1 unspecified atom stereocenters. The van der Waals surface area contributed by atoms with Crippen LogP contribution in [0.3, 0.4) is 0 Å². The highest BCUT2D eigenvalue weighted by atomic mass is 19.4. The fraction of sp³-hybridized carbons (Fsp3) is 0.263. The zero-order valence-corrected chi connectivity index (χ0v) is 15.5. The zero-order valence-electron chi connectivity index (χ0n) is 15.5. The Bertz CT molecular complexity index is 1010. The molecule has 2 aromatic rings. The van der Waals surface area contributed by atoms with Crippen LogP contribution in [0.4, 0.5) is 36.8 Å². The van der Waals surface area contributed by atoms with E-state index in [2.05, 4.69) is 20.6 Å². The van der Waals surface area contributed by atoms with Crippen LogP contribution in [0.15, 0.2) is 53.7 Å². The first-order valence-corrected chi connectivity index (χ1v) is 8.73. The summed E-state index contributed by atoms with van der Waals surface area (Å²) in [5.41, 5.74) is -0.393. The molecule has 0 spiro atoms. The van der Waals surface area contributed by atoms with Gasteiger partial charge in [-0.1, -0.05) is 29.4 Å². The molecule has 3 N–H and O–H groups in total. The van der Waals surface area contributed by atoms with Gasteiger partial charge in [-0.15, -0.1) is 0 Å². The number of hydrogen-bond acceptors (Lipinski definition) is 4. The molecule has 31 heavy (non-hydrogen) atoms. The summed E-state index contributed by atoms with van der Waals surface area (Å²) in [5, 5.41) is 17.5. The summed E-state index contributed by atoms with van der Waals surface area (Å²) < 4.78 is 76.7. The number of amides is 2. The molecule has 0 aromatic heterocycles. The van der Waals surface area contributed by atoms with Crippen LogP contribution < -0.4 is 10.6 Å². The molecule has 12 heteroatoms.